The Bertz CT molecular complexity index is 876. The smallest absolute Gasteiger partial charge is 0.272 e. The summed E-state index contributed by atoms with van der Waals surface area (Å²) in [6, 6.07) is 3.61. The zero-order valence-electron chi connectivity index (χ0n) is 12.7. The van der Waals surface area contributed by atoms with Crippen LogP contribution in [-0.2, 0) is 0 Å². The van der Waals surface area contributed by atoms with Gasteiger partial charge in [-0.3, -0.25) is 25.7 Å². The van der Waals surface area contributed by atoms with Crippen LogP contribution in [-0.4, -0.2) is 15.6 Å². The maximum absolute atomic E-state index is 11.2. The van der Waals surface area contributed by atoms with Gasteiger partial charge in [-0.05, 0) is 41.1 Å². The number of nitro benzene ring substituents is 2. The van der Waals surface area contributed by atoms with Gasteiger partial charge in [0.1, 0.15) is 5.69 Å². The second-order valence-electron chi connectivity index (χ2n) is 8.01. The maximum atomic E-state index is 11.2. The second kappa shape index (κ2) is 3.45. The van der Waals surface area contributed by atoms with Crippen molar-refractivity contribution in [2.24, 2.45) is 51.9 Å². The maximum Gasteiger partial charge on any atom is 0.301 e. The highest BCUT2D eigenvalue weighted by Crippen LogP contribution is 2.98. The van der Waals surface area contributed by atoms with Crippen LogP contribution in [0.3, 0.4) is 0 Å². The van der Waals surface area contributed by atoms with E-state index in [-0.39, 0.29) is 17.1 Å². The Balaban J connectivity index is 1.32. The number of anilines is 1. The van der Waals surface area contributed by atoms with E-state index in [2.05, 4.69) is 17.5 Å². The van der Waals surface area contributed by atoms with Crippen molar-refractivity contribution in [3.63, 3.8) is 0 Å². The highest BCUT2D eigenvalue weighted by molar-refractivity contribution is 6.00. The van der Waals surface area contributed by atoms with Gasteiger partial charge < -0.3 is 0 Å². The van der Waals surface area contributed by atoms with Gasteiger partial charge in [-0.2, -0.15) is 5.10 Å². The van der Waals surface area contributed by atoms with Gasteiger partial charge in [-0.15, -0.1) is 0 Å². The van der Waals surface area contributed by atoms with Crippen LogP contribution in [0.15, 0.2) is 23.3 Å². The first-order valence-corrected chi connectivity index (χ1v) is 8.22. The van der Waals surface area contributed by atoms with Crippen LogP contribution in [0.4, 0.5) is 17.1 Å². The lowest BCUT2D eigenvalue weighted by Crippen LogP contribution is -2.87. The molecule has 8 atom stereocenters. The molecule has 24 heavy (non-hydrogen) atoms. The lowest BCUT2D eigenvalue weighted by molar-refractivity contribution is -0.440. The summed E-state index contributed by atoms with van der Waals surface area (Å²) in [5, 5.41) is 26.5. The molecule has 0 amide bonds. The molecule has 6 aliphatic carbocycles. The molecule has 6 saturated carbocycles. The molecule has 0 aromatic heterocycles. The molecule has 0 radical (unpaired) electrons. The molecule has 4 unspecified atom stereocenters. The standard InChI is InChI=1S/C16H14N4O4/c1-16-12-9-8-10(12)14(16)11(13(9)16)15(8)18-17-6-3-2-5(19(21)22)4-7(6)20(23)24/h2-4,8-14,17H,1H3/b18-15+/t8?,9-,10+,11?,12?,13+,14-,16?. The minimum absolute atomic E-state index is 0.213. The molecule has 0 spiro atoms. The molecule has 122 valence electrons. The normalized spacial score (nSPS) is 48.7. The Morgan fingerprint density at radius 1 is 1.08 bits per heavy atom. The van der Waals surface area contributed by atoms with Crippen molar-refractivity contribution in [2.75, 3.05) is 5.43 Å². The summed E-state index contributed by atoms with van der Waals surface area (Å²) >= 11 is 0. The van der Waals surface area contributed by atoms with Crippen molar-refractivity contribution < 1.29 is 9.85 Å². The largest absolute Gasteiger partial charge is 0.301 e. The topological polar surface area (TPSA) is 111 Å². The molecule has 1 aromatic rings. The minimum Gasteiger partial charge on any atom is -0.272 e. The average Bonchev–Trinajstić information content (AvgIpc) is 2.75. The number of non-ortho nitro benzene ring substituents is 1. The summed E-state index contributed by atoms with van der Waals surface area (Å²) in [6.45, 7) is 2.41. The molecular weight excluding hydrogens is 312 g/mol. The van der Waals surface area contributed by atoms with Gasteiger partial charge in [0.2, 0.25) is 0 Å². The summed E-state index contributed by atoms with van der Waals surface area (Å²) in [6.07, 6.45) is 0. The van der Waals surface area contributed by atoms with Gasteiger partial charge in [0.05, 0.1) is 15.9 Å². The molecule has 1 N–H and O–H groups in total. The highest BCUT2D eigenvalue weighted by atomic mass is 16.6. The predicted octanol–water partition coefficient (Wildman–Crippen LogP) is 2.66. The van der Waals surface area contributed by atoms with E-state index in [4.69, 9.17) is 0 Å². The molecule has 0 aliphatic heterocycles. The van der Waals surface area contributed by atoms with Gasteiger partial charge in [0.25, 0.3) is 5.69 Å². The number of hydrogen-bond acceptors (Lipinski definition) is 6. The Hall–Kier alpha value is -2.51. The van der Waals surface area contributed by atoms with Gasteiger partial charge in [-0.25, -0.2) is 0 Å². The van der Waals surface area contributed by atoms with Crippen LogP contribution in [0.25, 0.3) is 0 Å². The first-order chi connectivity index (χ1) is 11.5. The van der Waals surface area contributed by atoms with Crippen LogP contribution < -0.4 is 5.43 Å². The Morgan fingerprint density at radius 3 is 2.38 bits per heavy atom. The number of nitrogens with one attached hydrogen (secondary N) is 1. The first kappa shape index (κ1) is 12.9. The number of benzene rings is 1. The van der Waals surface area contributed by atoms with Crippen molar-refractivity contribution in [2.45, 2.75) is 6.92 Å². The summed E-state index contributed by atoms with van der Waals surface area (Å²) in [4.78, 5) is 20.7. The van der Waals surface area contributed by atoms with Crippen molar-refractivity contribution in [3.8, 4) is 0 Å². The Labute approximate surface area is 136 Å². The number of hydrazone groups is 1. The van der Waals surface area contributed by atoms with Gasteiger partial charge in [0.15, 0.2) is 0 Å². The van der Waals surface area contributed by atoms with Gasteiger partial charge in [0, 0.05) is 23.6 Å². The molecule has 0 saturated heterocycles. The average molecular weight is 326 g/mol. The quantitative estimate of drug-likeness (QED) is 0.675. The first-order valence-electron chi connectivity index (χ1n) is 8.22. The molecule has 2 bridgehead atoms. The molecule has 7 rings (SSSR count). The fourth-order valence-corrected chi connectivity index (χ4v) is 7.29. The summed E-state index contributed by atoms with van der Waals surface area (Å²) in [7, 11) is 0. The van der Waals surface area contributed by atoms with E-state index < -0.39 is 9.85 Å². The minimum atomic E-state index is -0.635. The Kier molecular flexibility index (Phi) is 1.85. The Morgan fingerprint density at radius 2 is 1.79 bits per heavy atom. The lowest BCUT2D eigenvalue weighted by Gasteiger charge is -2.90. The lowest BCUT2D eigenvalue weighted by atomic mass is 9.14. The van der Waals surface area contributed by atoms with Crippen LogP contribution >= 0.6 is 0 Å². The number of rotatable bonds is 4. The van der Waals surface area contributed by atoms with Crippen LogP contribution in [0, 0.1) is 67.1 Å². The van der Waals surface area contributed by atoms with Gasteiger partial charge in [-0.1, -0.05) is 6.92 Å². The monoisotopic (exact) mass is 326 g/mol. The van der Waals surface area contributed by atoms with E-state index in [9.17, 15) is 20.2 Å². The number of nitrogens with zero attached hydrogens (tertiary/aromatic N) is 3. The molecule has 6 fully saturated rings. The SMILES string of the molecule is CC12C3[C@H]4C5/C(=N\Nc6ccc([N+](=O)[O-])cc6[N+](=O)[O-])C([C@H]41)[C@H]2[C@@H]53. The van der Waals surface area contributed by atoms with Crippen LogP contribution in [0.2, 0.25) is 0 Å². The fraction of sp³-hybridized carbons (Fsp3) is 0.562. The molecule has 8 heteroatoms. The highest BCUT2D eigenvalue weighted by Gasteiger charge is 2.98. The third kappa shape index (κ3) is 1.00. The van der Waals surface area contributed by atoms with E-state index in [1.165, 1.54) is 17.8 Å². The zero-order chi connectivity index (χ0) is 16.5. The summed E-state index contributed by atoms with van der Waals surface area (Å²) in [5.74, 6) is 5.26. The number of hydrogen-bond donors (Lipinski definition) is 1. The fourth-order valence-electron chi connectivity index (χ4n) is 7.29. The second-order valence-corrected chi connectivity index (χ2v) is 8.01. The van der Waals surface area contributed by atoms with E-state index in [0.29, 0.717) is 17.3 Å². The van der Waals surface area contributed by atoms with Crippen molar-refractivity contribution in [1.82, 2.24) is 0 Å². The van der Waals surface area contributed by atoms with E-state index in [1.807, 2.05) is 0 Å². The van der Waals surface area contributed by atoms with Crippen molar-refractivity contribution in [3.05, 3.63) is 38.4 Å². The van der Waals surface area contributed by atoms with Crippen molar-refractivity contribution >= 4 is 22.8 Å². The number of nitro groups is 2. The van der Waals surface area contributed by atoms with Gasteiger partial charge >= 0.3 is 5.69 Å². The summed E-state index contributed by atoms with van der Waals surface area (Å²) < 4.78 is 0. The molecule has 8 nitrogen and oxygen atoms in total. The van der Waals surface area contributed by atoms with E-state index in [1.54, 1.807) is 0 Å². The predicted molar refractivity (Wildman–Crippen MR) is 83.3 cm³/mol. The van der Waals surface area contributed by atoms with Crippen LogP contribution in [0.1, 0.15) is 6.92 Å². The molecule has 6 aliphatic rings. The molecular formula is C16H14N4O4. The third-order valence-electron chi connectivity index (χ3n) is 7.79. The third-order valence-corrected chi connectivity index (χ3v) is 7.79. The van der Waals surface area contributed by atoms with E-state index in [0.717, 1.165) is 35.7 Å². The van der Waals surface area contributed by atoms with Crippen LogP contribution in [0.5, 0.6) is 0 Å². The summed E-state index contributed by atoms with van der Waals surface area (Å²) in [5.41, 5.74) is 4.21. The van der Waals surface area contributed by atoms with Crippen molar-refractivity contribution in [1.29, 1.82) is 0 Å². The molecule has 0 heterocycles. The zero-order valence-corrected chi connectivity index (χ0v) is 12.7. The molecule has 1 aromatic carbocycles. The van der Waals surface area contributed by atoms with E-state index >= 15 is 0 Å².